The number of imide groups is 1. The fourth-order valence-electron chi connectivity index (χ4n) is 1.23. The van der Waals surface area contributed by atoms with E-state index < -0.39 is 5.54 Å². The molecule has 0 N–H and O–H groups in total. The molecule has 0 aromatic rings. The van der Waals surface area contributed by atoms with Crippen molar-refractivity contribution in [2.75, 3.05) is 6.26 Å². The highest BCUT2D eigenvalue weighted by molar-refractivity contribution is 8.03. The van der Waals surface area contributed by atoms with Gasteiger partial charge >= 0.3 is 0 Å². The molecule has 72 valence electrons. The summed E-state index contributed by atoms with van der Waals surface area (Å²) in [7, 11) is 0. The molecule has 1 aliphatic heterocycles. The zero-order valence-electron chi connectivity index (χ0n) is 8.25. The topological polar surface area (TPSA) is 37.4 Å². The first-order valence-electron chi connectivity index (χ1n) is 4.02. The Bertz CT molecular complexity index is 288. The Balaban J connectivity index is 2.97. The number of rotatable bonds is 1. The van der Waals surface area contributed by atoms with Gasteiger partial charge in [-0.2, -0.15) is 0 Å². The molecule has 1 heterocycles. The van der Waals surface area contributed by atoms with Crippen molar-refractivity contribution in [1.82, 2.24) is 4.90 Å². The second-order valence-electron chi connectivity index (χ2n) is 3.86. The predicted molar refractivity (Wildman–Crippen MR) is 53.2 cm³/mol. The number of carbonyl (C=O) groups is 2. The highest BCUT2D eigenvalue weighted by Gasteiger charge is 2.37. The number of hydrogen-bond acceptors (Lipinski definition) is 3. The Hall–Kier alpha value is -0.770. The first kappa shape index (κ1) is 10.3. The summed E-state index contributed by atoms with van der Waals surface area (Å²) in [6.07, 6.45) is 3.20. The summed E-state index contributed by atoms with van der Waals surface area (Å²) in [5, 5.41) is 0. The second kappa shape index (κ2) is 3.18. The van der Waals surface area contributed by atoms with Gasteiger partial charge in [0.2, 0.25) is 0 Å². The van der Waals surface area contributed by atoms with E-state index in [1.54, 1.807) is 6.26 Å². The summed E-state index contributed by atoms with van der Waals surface area (Å²) in [5.74, 6) is -0.383. The van der Waals surface area contributed by atoms with Crippen LogP contribution in [0.1, 0.15) is 20.8 Å². The highest BCUT2D eigenvalue weighted by Crippen LogP contribution is 2.27. The molecule has 0 fully saturated rings. The van der Waals surface area contributed by atoms with Crippen LogP contribution in [0.25, 0.3) is 0 Å². The molecule has 0 aromatic heterocycles. The van der Waals surface area contributed by atoms with E-state index in [4.69, 9.17) is 0 Å². The van der Waals surface area contributed by atoms with E-state index in [1.165, 1.54) is 22.7 Å². The molecule has 13 heavy (non-hydrogen) atoms. The van der Waals surface area contributed by atoms with Crippen LogP contribution in [0.5, 0.6) is 0 Å². The lowest BCUT2D eigenvalue weighted by Gasteiger charge is -2.29. The van der Waals surface area contributed by atoms with Crippen molar-refractivity contribution in [2.24, 2.45) is 0 Å². The second-order valence-corrected chi connectivity index (χ2v) is 4.71. The van der Waals surface area contributed by atoms with Crippen LogP contribution >= 0.6 is 11.8 Å². The maximum Gasteiger partial charge on any atom is 0.267 e. The summed E-state index contributed by atoms with van der Waals surface area (Å²) in [4.78, 5) is 24.8. The molecule has 0 bridgehead atoms. The summed E-state index contributed by atoms with van der Waals surface area (Å²) in [6, 6.07) is 0. The van der Waals surface area contributed by atoms with Gasteiger partial charge in [0.1, 0.15) is 0 Å². The third-order valence-electron chi connectivity index (χ3n) is 1.78. The molecule has 0 saturated heterocycles. The minimum atomic E-state index is -0.428. The van der Waals surface area contributed by atoms with Gasteiger partial charge in [-0.05, 0) is 27.0 Å². The number of carbonyl (C=O) groups excluding carboxylic acids is 2. The van der Waals surface area contributed by atoms with Crippen LogP contribution in [-0.2, 0) is 9.59 Å². The lowest BCUT2D eigenvalue weighted by molar-refractivity contribution is -0.142. The molecule has 3 nitrogen and oxygen atoms in total. The van der Waals surface area contributed by atoms with Gasteiger partial charge in [-0.15, -0.1) is 11.8 Å². The molecule has 4 heteroatoms. The summed E-state index contributed by atoms with van der Waals surface area (Å²) >= 11 is 1.31. The zero-order valence-corrected chi connectivity index (χ0v) is 9.07. The predicted octanol–water partition coefficient (Wildman–Crippen LogP) is 1.40. The van der Waals surface area contributed by atoms with E-state index in [-0.39, 0.29) is 11.8 Å². The van der Waals surface area contributed by atoms with Gasteiger partial charge in [-0.1, -0.05) is 0 Å². The van der Waals surface area contributed by atoms with E-state index in [0.29, 0.717) is 4.91 Å². The van der Waals surface area contributed by atoms with Crippen LogP contribution in [0.15, 0.2) is 11.0 Å². The van der Waals surface area contributed by atoms with Crippen molar-refractivity contribution in [3.05, 3.63) is 11.0 Å². The van der Waals surface area contributed by atoms with Crippen molar-refractivity contribution >= 4 is 23.6 Å². The molecule has 1 rings (SSSR count). The average Bonchev–Trinajstić information content (AvgIpc) is 2.24. The van der Waals surface area contributed by atoms with Gasteiger partial charge in [0.25, 0.3) is 11.8 Å². The van der Waals surface area contributed by atoms with Crippen LogP contribution in [0.3, 0.4) is 0 Å². The van der Waals surface area contributed by atoms with Gasteiger partial charge in [-0.25, -0.2) is 0 Å². The monoisotopic (exact) mass is 199 g/mol. The molecule has 0 unspecified atom stereocenters. The van der Waals surface area contributed by atoms with Crippen molar-refractivity contribution in [2.45, 2.75) is 26.3 Å². The number of hydrogen-bond donors (Lipinski definition) is 0. The Morgan fingerprint density at radius 1 is 1.31 bits per heavy atom. The van der Waals surface area contributed by atoms with Gasteiger partial charge in [0.05, 0.1) is 4.91 Å². The Labute approximate surface area is 82.2 Å². The van der Waals surface area contributed by atoms with Gasteiger partial charge in [0.15, 0.2) is 0 Å². The zero-order chi connectivity index (χ0) is 10.2. The quantitative estimate of drug-likeness (QED) is 0.599. The summed E-state index contributed by atoms with van der Waals surface area (Å²) in [5.41, 5.74) is -0.428. The van der Waals surface area contributed by atoms with Crippen LogP contribution in [-0.4, -0.2) is 28.5 Å². The molecular weight excluding hydrogens is 186 g/mol. The van der Waals surface area contributed by atoms with E-state index >= 15 is 0 Å². The molecule has 0 spiro atoms. The van der Waals surface area contributed by atoms with Crippen molar-refractivity contribution in [1.29, 1.82) is 0 Å². The third-order valence-corrected chi connectivity index (χ3v) is 2.51. The molecule has 0 aliphatic carbocycles. The lowest BCUT2D eigenvalue weighted by atomic mass is 10.1. The lowest BCUT2D eigenvalue weighted by Crippen LogP contribution is -2.45. The SMILES string of the molecule is CSC1=CC(=O)N(C(C)(C)C)C1=O. The Kier molecular flexibility index (Phi) is 2.52. The Morgan fingerprint density at radius 2 is 1.85 bits per heavy atom. The molecular formula is C9H13NO2S. The van der Waals surface area contributed by atoms with Crippen LogP contribution in [0.4, 0.5) is 0 Å². The van der Waals surface area contributed by atoms with Crippen LogP contribution in [0.2, 0.25) is 0 Å². The fourth-order valence-corrected chi connectivity index (χ4v) is 1.71. The van der Waals surface area contributed by atoms with Crippen molar-refractivity contribution in [3.8, 4) is 0 Å². The molecule has 0 radical (unpaired) electrons. The van der Waals surface area contributed by atoms with Crippen LogP contribution in [0, 0.1) is 0 Å². The standard InChI is InChI=1S/C9H13NO2S/c1-9(2,3)10-7(11)5-6(13-4)8(10)12/h5H,1-4H3. The fraction of sp³-hybridized carbons (Fsp3) is 0.556. The average molecular weight is 199 g/mol. The normalized spacial score (nSPS) is 18.2. The summed E-state index contributed by atoms with van der Waals surface area (Å²) in [6.45, 7) is 5.54. The van der Waals surface area contributed by atoms with Crippen LogP contribution < -0.4 is 0 Å². The van der Waals surface area contributed by atoms with E-state index in [9.17, 15) is 9.59 Å². The first-order valence-corrected chi connectivity index (χ1v) is 5.24. The maximum atomic E-state index is 11.6. The van der Waals surface area contributed by atoms with E-state index in [2.05, 4.69) is 0 Å². The molecule has 1 aliphatic rings. The van der Waals surface area contributed by atoms with Gasteiger partial charge in [-0.3, -0.25) is 14.5 Å². The van der Waals surface area contributed by atoms with Gasteiger partial charge < -0.3 is 0 Å². The minimum absolute atomic E-state index is 0.176. The number of thioether (sulfide) groups is 1. The molecule has 0 atom stereocenters. The third kappa shape index (κ3) is 1.77. The molecule has 0 saturated carbocycles. The smallest absolute Gasteiger partial charge is 0.267 e. The van der Waals surface area contributed by atoms with E-state index in [1.807, 2.05) is 20.8 Å². The largest absolute Gasteiger partial charge is 0.269 e. The molecule has 0 aromatic carbocycles. The van der Waals surface area contributed by atoms with Gasteiger partial charge in [0, 0.05) is 11.6 Å². The highest BCUT2D eigenvalue weighted by atomic mass is 32.2. The Morgan fingerprint density at radius 3 is 2.08 bits per heavy atom. The number of nitrogens with zero attached hydrogens (tertiary/aromatic N) is 1. The summed E-state index contributed by atoms with van der Waals surface area (Å²) < 4.78 is 0. The minimum Gasteiger partial charge on any atom is -0.269 e. The number of amides is 2. The first-order chi connectivity index (χ1) is 5.88. The van der Waals surface area contributed by atoms with E-state index in [0.717, 1.165) is 0 Å². The maximum absolute atomic E-state index is 11.6. The van der Waals surface area contributed by atoms with Crippen molar-refractivity contribution in [3.63, 3.8) is 0 Å². The molecule has 2 amide bonds. The van der Waals surface area contributed by atoms with Crippen molar-refractivity contribution < 1.29 is 9.59 Å².